The minimum Gasteiger partial charge on any atom is -0.480 e. The number of nitrogens with zero attached hydrogens (tertiary/aromatic N) is 5. The molecule has 2 aromatic carbocycles. The van der Waals surface area contributed by atoms with E-state index in [0.717, 1.165) is 49.2 Å². The van der Waals surface area contributed by atoms with Crippen molar-refractivity contribution in [1.82, 2.24) is 24.5 Å². The number of fused-ring (bicyclic) bond motifs is 1. The van der Waals surface area contributed by atoms with Crippen LogP contribution in [-0.4, -0.2) is 77.0 Å². The van der Waals surface area contributed by atoms with Gasteiger partial charge in [0.1, 0.15) is 29.9 Å². The maximum Gasteiger partial charge on any atom is 0.372 e. The Morgan fingerprint density at radius 1 is 1.03 bits per heavy atom. The number of hydrogen-bond acceptors (Lipinski definition) is 11. The summed E-state index contributed by atoms with van der Waals surface area (Å²) in [5.41, 5.74) is 6.66. The van der Waals surface area contributed by atoms with Crippen molar-refractivity contribution in [2.45, 2.75) is 83.7 Å². The fourth-order valence-corrected chi connectivity index (χ4v) is 7.43. The third-order valence-electron chi connectivity index (χ3n) is 8.37. The zero-order valence-electron chi connectivity index (χ0n) is 32.3. The van der Waals surface area contributed by atoms with Crippen LogP contribution in [0.4, 0.5) is 4.79 Å². The van der Waals surface area contributed by atoms with E-state index in [2.05, 4.69) is 28.1 Å². The predicted molar refractivity (Wildman–Crippen MR) is 230 cm³/mol. The summed E-state index contributed by atoms with van der Waals surface area (Å²) in [6, 6.07) is 13.1. The van der Waals surface area contributed by atoms with Gasteiger partial charge in [-0.25, -0.2) is 9.59 Å². The van der Waals surface area contributed by atoms with Gasteiger partial charge in [-0.2, -0.15) is 4.68 Å². The Morgan fingerprint density at radius 3 is 2.40 bits per heavy atom. The molecule has 0 fully saturated rings. The van der Waals surface area contributed by atoms with Crippen LogP contribution >= 0.6 is 53.9 Å². The molecule has 1 aliphatic rings. The molecule has 0 bridgehead atoms. The Labute approximate surface area is 357 Å². The number of rotatable bonds is 16. The highest BCUT2D eigenvalue weighted by Gasteiger charge is 2.21. The van der Waals surface area contributed by atoms with Gasteiger partial charge in [-0.15, -0.1) is 21.7 Å². The molecular formula is C39H48Cl3N6O8PS. The van der Waals surface area contributed by atoms with Crippen LogP contribution in [0.2, 0.25) is 15.2 Å². The van der Waals surface area contributed by atoms with E-state index < -0.39 is 19.4 Å². The molecule has 1 aliphatic heterocycles. The van der Waals surface area contributed by atoms with Crippen LogP contribution < -0.4 is 20.9 Å². The molecule has 2 unspecified atom stereocenters. The number of terminal acetylenes is 1. The number of carboxylic acid groups (broad SMARTS) is 1. The Kier molecular flexibility index (Phi) is 20.8. The second-order valence-electron chi connectivity index (χ2n) is 13.2. The normalized spacial score (nSPS) is 13.3. The van der Waals surface area contributed by atoms with Crippen LogP contribution in [-0.2, 0) is 22.3 Å². The summed E-state index contributed by atoms with van der Waals surface area (Å²) in [5, 5.41) is 21.1. The van der Waals surface area contributed by atoms with E-state index in [4.69, 9.17) is 66.4 Å². The minimum atomic E-state index is -3.10. The number of thioether (sulfide) groups is 1. The first-order valence-electron chi connectivity index (χ1n) is 18.6. The molecule has 5 rings (SSSR count). The number of benzene rings is 2. The molecule has 0 radical (unpaired) electrons. The monoisotopic (exact) mass is 896 g/mol. The van der Waals surface area contributed by atoms with E-state index in [0.29, 0.717) is 39.5 Å². The van der Waals surface area contributed by atoms with Gasteiger partial charge in [0.2, 0.25) is 0 Å². The number of aryl methyl sites for hydroxylation is 1. The molecule has 0 spiro atoms. The third-order valence-corrected chi connectivity index (χ3v) is 11.1. The Bertz CT molecular complexity index is 2110. The van der Waals surface area contributed by atoms with Gasteiger partial charge in [-0.05, 0) is 43.5 Å². The van der Waals surface area contributed by atoms with Crippen molar-refractivity contribution < 1.29 is 33.6 Å². The summed E-state index contributed by atoms with van der Waals surface area (Å²) in [6.45, 7) is 4.15. The quantitative estimate of drug-likeness (QED) is 0.0417. The molecule has 19 heteroatoms. The van der Waals surface area contributed by atoms with Crippen LogP contribution in [0, 0.1) is 12.3 Å². The standard InChI is InChI=1S/C19H23ClN2O2S.C15H13Cl2N3O2.C5H12NO4P/c1-2-3-4-5-6-10-13-25-19(23)24-16-14-17(20)21-22-18(16)15-11-8-7-9-12-15;1-2-7-22-13-9-12(10(16)8-11(13)17)20-15(21)19-6-4-3-5-14(19)18-20;1-11(9,10)3-2-4(6)5(7)8/h7-9,11-12,14H,2-6,10,13H2,1H3;1,8-9H,3-7H2;4H,2-3,6H2,1H3,(H,7,8)(H,9,10). The highest BCUT2D eigenvalue weighted by molar-refractivity contribution is 8.13. The zero-order chi connectivity index (χ0) is 42.7. The largest absolute Gasteiger partial charge is 0.480 e. The number of unbranched alkanes of at least 4 members (excludes halogenated alkanes) is 5. The number of hydrogen-bond donors (Lipinski definition) is 3. The van der Waals surface area contributed by atoms with Crippen molar-refractivity contribution >= 4 is 65.2 Å². The summed E-state index contributed by atoms with van der Waals surface area (Å²) in [4.78, 5) is 43.4. The Hall–Kier alpha value is -3.87. The molecular weight excluding hydrogens is 850 g/mol. The second-order valence-corrected chi connectivity index (χ2v) is 17.9. The summed E-state index contributed by atoms with van der Waals surface area (Å²) in [5.74, 6) is 3.47. The van der Waals surface area contributed by atoms with E-state index in [-0.39, 0.29) is 35.3 Å². The van der Waals surface area contributed by atoms with E-state index in [1.54, 1.807) is 10.6 Å². The molecule has 14 nitrogen and oxygen atoms in total. The number of aliphatic carboxylic acids is 1. The first kappa shape index (κ1) is 48.5. The molecule has 3 heterocycles. The molecule has 0 amide bonds. The van der Waals surface area contributed by atoms with Gasteiger partial charge in [-0.1, -0.05) is 110 Å². The molecule has 58 heavy (non-hydrogen) atoms. The van der Waals surface area contributed by atoms with E-state index >= 15 is 0 Å². The van der Waals surface area contributed by atoms with Crippen LogP contribution in [0.3, 0.4) is 0 Å². The average Bonchev–Trinajstić information content (AvgIpc) is 3.52. The lowest BCUT2D eigenvalue weighted by atomic mass is 10.1. The van der Waals surface area contributed by atoms with Crippen molar-refractivity contribution in [1.29, 1.82) is 0 Å². The molecule has 2 aromatic heterocycles. The lowest BCUT2D eigenvalue weighted by Crippen LogP contribution is -2.30. The third kappa shape index (κ3) is 16.4. The van der Waals surface area contributed by atoms with Gasteiger partial charge >= 0.3 is 17.0 Å². The summed E-state index contributed by atoms with van der Waals surface area (Å²) >= 11 is 19.4. The van der Waals surface area contributed by atoms with Gasteiger partial charge in [0, 0.05) is 49.2 Å². The minimum absolute atomic E-state index is 0.0412. The summed E-state index contributed by atoms with van der Waals surface area (Å²) < 4.78 is 24.5. The topological polar surface area (TPSA) is 202 Å². The Morgan fingerprint density at radius 2 is 1.74 bits per heavy atom. The first-order chi connectivity index (χ1) is 27.6. The molecule has 314 valence electrons. The molecule has 4 aromatic rings. The number of nitrogens with two attached hydrogens (primary N) is 1. The summed E-state index contributed by atoms with van der Waals surface area (Å²) in [6.07, 6.45) is 15.2. The smallest absolute Gasteiger partial charge is 0.372 e. The fraction of sp³-hybridized carbons (Fsp3) is 0.436. The van der Waals surface area contributed by atoms with E-state index in [1.165, 1.54) is 60.9 Å². The van der Waals surface area contributed by atoms with Gasteiger partial charge in [-0.3, -0.25) is 13.9 Å². The number of carboxylic acids is 1. The van der Waals surface area contributed by atoms with E-state index in [1.807, 2.05) is 30.3 Å². The van der Waals surface area contributed by atoms with Gasteiger partial charge in [0.25, 0.3) is 0 Å². The van der Waals surface area contributed by atoms with Crippen LogP contribution in [0.25, 0.3) is 16.9 Å². The van der Waals surface area contributed by atoms with Crippen molar-refractivity contribution in [3.8, 4) is 40.8 Å². The SMILES string of the molecule is C#CCOc1cc(-n2nc3n(c2=O)CCCC3)c(Cl)cc1Cl.CCCCCCCCSC(=O)Oc1cc(Cl)nnc1-c1ccccc1.CP(=O)(O)CCC(N)C(=O)O. The zero-order valence-corrected chi connectivity index (χ0v) is 36.3. The maximum atomic E-state index is 12.5. The number of halogens is 3. The van der Waals surface area contributed by atoms with Crippen LogP contribution in [0.1, 0.15) is 70.5 Å². The number of carbonyl (C=O) groups is 2. The van der Waals surface area contributed by atoms with Gasteiger partial charge < -0.3 is 25.2 Å². The molecule has 4 N–H and O–H groups in total. The Balaban J connectivity index is 0.000000250. The molecule has 0 saturated carbocycles. The number of aromatic nitrogens is 5. The second kappa shape index (κ2) is 24.9. The van der Waals surface area contributed by atoms with Crippen molar-refractivity contribution in [2.75, 3.05) is 25.2 Å². The van der Waals surface area contributed by atoms with Crippen molar-refractivity contribution in [3.63, 3.8) is 0 Å². The van der Waals surface area contributed by atoms with Gasteiger partial charge in [0.05, 0.1) is 15.7 Å². The maximum absolute atomic E-state index is 12.5. The number of carbonyl (C=O) groups excluding carboxylic acids is 1. The van der Waals surface area contributed by atoms with Crippen LogP contribution in [0.15, 0.2) is 53.3 Å². The molecule has 2 atom stereocenters. The number of ether oxygens (including phenoxy) is 2. The van der Waals surface area contributed by atoms with Gasteiger partial charge in [0.15, 0.2) is 18.3 Å². The lowest BCUT2D eigenvalue weighted by Gasteiger charge is -2.09. The summed E-state index contributed by atoms with van der Waals surface area (Å²) in [7, 11) is -3.10. The fourth-order valence-electron chi connectivity index (χ4n) is 5.35. The highest BCUT2D eigenvalue weighted by Crippen LogP contribution is 2.36. The highest BCUT2D eigenvalue weighted by atomic mass is 35.5. The van der Waals surface area contributed by atoms with E-state index in [9.17, 15) is 18.9 Å². The van der Waals surface area contributed by atoms with Crippen LogP contribution in [0.5, 0.6) is 11.5 Å². The average molecular weight is 898 g/mol. The van der Waals surface area contributed by atoms with Crippen molar-refractivity contribution in [3.05, 3.63) is 80.0 Å². The first-order valence-corrected chi connectivity index (χ1v) is 23.0. The lowest BCUT2D eigenvalue weighted by molar-refractivity contribution is -0.138. The van der Waals surface area contributed by atoms with Crippen molar-refractivity contribution in [2.24, 2.45) is 5.73 Å². The molecule has 0 saturated heterocycles. The molecule has 0 aliphatic carbocycles. The predicted octanol–water partition coefficient (Wildman–Crippen LogP) is 8.77.